The van der Waals surface area contributed by atoms with Gasteiger partial charge in [0.2, 0.25) is 0 Å². The van der Waals surface area contributed by atoms with Gasteiger partial charge in [-0.1, -0.05) is 19.6 Å². The van der Waals surface area contributed by atoms with Crippen LogP contribution in [0.15, 0.2) is 36.5 Å². The van der Waals surface area contributed by atoms with Gasteiger partial charge in [0.1, 0.15) is 6.10 Å². The van der Waals surface area contributed by atoms with E-state index in [2.05, 4.69) is 13.5 Å². The molecule has 12 heavy (non-hydrogen) atoms. The van der Waals surface area contributed by atoms with Gasteiger partial charge in [0, 0.05) is 6.08 Å². The molecule has 0 aliphatic heterocycles. The average molecular weight is 164 g/mol. The topological polar surface area (TPSA) is 26.3 Å². The molecule has 1 atom stereocenters. The molecule has 64 valence electrons. The highest BCUT2D eigenvalue weighted by Gasteiger charge is 2.10. The molecule has 0 radical (unpaired) electrons. The van der Waals surface area contributed by atoms with Gasteiger partial charge in [-0.05, 0) is 24.1 Å². The molecule has 0 saturated heterocycles. The van der Waals surface area contributed by atoms with Crippen molar-refractivity contribution in [2.24, 2.45) is 0 Å². The largest absolute Gasteiger partial charge is 0.451 e. The monoisotopic (exact) mass is 164 g/mol. The van der Waals surface area contributed by atoms with E-state index in [0.29, 0.717) is 0 Å². The molecule has 0 bridgehead atoms. The Balaban J connectivity index is 2.48. The second-order valence-electron chi connectivity index (χ2n) is 2.56. The van der Waals surface area contributed by atoms with E-state index in [1.54, 1.807) is 0 Å². The average Bonchev–Trinajstić information content (AvgIpc) is 2.52. The minimum Gasteiger partial charge on any atom is -0.451 e. The molecule has 0 aromatic rings. The second kappa shape index (κ2) is 3.90. The minimum absolute atomic E-state index is 0.189. The number of hydrogen-bond donors (Lipinski definition) is 0. The lowest BCUT2D eigenvalue weighted by molar-refractivity contribution is -0.139. The van der Waals surface area contributed by atoms with Crippen LogP contribution in [0.25, 0.3) is 0 Å². The van der Waals surface area contributed by atoms with Gasteiger partial charge in [-0.3, -0.25) is 0 Å². The molecule has 2 nitrogen and oxygen atoms in total. The first-order valence-electron chi connectivity index (χ1n) is 3.98. The highest BCUT2D eigenvalue weighted by Crippen LogP contribution is 2.15. The van der Waals surface area contributed by atoms with Crippen LogP contribution >= 0.6 is 0 Å². The molecule has 1 unspecified atom stereocenters. The second-order valence-corrected chi connectivity index (χ2v) is 2.56. The molecule has 0 aromatic heterocycles. The molecule has 1 aliphatic rings. The van der Waals surface area contributed by atoms with Crippen LogP contribution in [0.3, 0.4) is 0 Å². The van der Waals surface area contributed by atoms with Gasteiger partial charge < -0.3 is 4.74 Å². The molecule has 0 aromatic carbocycles. The molecular weight excluding hydrogens is 152 g/mol. The summed E-state index contributed by atoms with van der Waals surface area (Å²) in [6.45, 7) is 5.39. The Labute approximate surface area is 72.2 Å². The standard InChI is InChI=1S/C10H12O2/c1-3-8-5-6-9(7-8)12-10(11)4-2/h4-7,9H,2-3H2,1H3. The number of allylic oxidation sites excluding steroid dienone is 2. The van der Waals surface area contributed by atoms with E-state index in [1.807, 2.05) is 18.2 Å². The van der Waals surface area contributed by atoms with Crippen LogP contribution in [0.5, 0.6) is 0 Å². The van der Waals surface area contributed by atoms with Gasteiger partial charge in [-0.15, -0.1) is 0 Å². The van der Waals surface area contributed by atoms with Crippen molar-refractivity contribution in [3.05, 3.63) is 36.5 Å². The number of esters is 1. The molecule has 0 N–H and O–H groups in total. The normalized spacial score (nSPS) is 20.4. The fourth-order valence-electron chi connectivity index (χ4n) is 1.03. The van der Waals surface area contributed by atoms with E-state index < -0.39 is 0 Å². The van der Waals surface area contributed by atoms with Crippen molar-refractivity contribution in [3.63, 3.8) is 0 Å². The zero-order chi connectivity index (χ0) is 8.97. The van der Waals surface area contributed by atoms with Gasteiger partial charge in [-0.2, -0.15) is 0 Å². The van der Waals surface area contributed by atoms with Gasteiger partial charge in [0.25, 0.3) is 0 Å². The lowest BCUT2D eigenvalue weighted by Gasteiger charge is -2.04. The number of hydrogen-bond acceptors (Lipinski definition) is 2. The van der Waals surface area contributed by atoms with Gasteiger partial charge >= 0.3 is 5.97 Å². The van der Waals surface area contributed by atoms with E-state index in [-0.39, 0.29) is 12.1 Å². The summed E-state index contributed by atoms with van der Waals surface area (Å²) in [5, 5.41) is 0. The first-order valence-corrected chi connectivity index (χ1v) is 3.98. The van der Waals surface area contributed by atoms with Gasteiger partial charge in [0.15, 0.2) is 0 Å². The number of carbonyl (C=O) groups excluding carboxylic acids is 1. The molecule has 1 aliphatic carbocycles. The summed E-state index contributed by atoms with van der Waals surface area (Å²) >= 11 is 0. The van der Waals surface area contributed by atoms with Crippen molar-refractivity contribution in [2.75, 3.05) is 0 Å². The molecule has 1 rings (SSSR count). The summed E-state index contributed by atoms with van der Waals surface area (Å²) < 4.78 is 4.97. The zero-order valence-electron chi connectivity index (χ0n) is 7.12. The molecule has 0 spiro atoms. The Kier molecular flexibility index (Phi) is 2.86. The predicted octanol–water partition coefficient (Wildman–Crippen LogP) is 1.99. The first-order chi connectivity index (χ1) is 5.76. The number of ether oxygens (including phenoxy) is 1. The third-order valence-corrected chi connectivity index (χ3v) is 1.71. The fourth-order valence-corrected chi connectivity index (χ4v) is 1.03. The summed E-state index contributed by atoms with van der Waals surface area (Å²) in [6, 6.07) is 0. The Morgan fingerprint density at radius 2 is 2.58 bits per heavy atom. The molecular formula is C10H12O2. The van der Waals surface area contributed by atoms with Gasteiger partial charge in [-0.25, -0.2) is 4.79 Å². The maximum absolute atomic E-state index is 10.8. The predicted molar refractivity (Wildman–Crippen MR) is 47.6 cm³/mol. The molecule has 0 fully saturated rings. The summed E-state index contributed by atoms with van der Waals surface area (Å²) in [7, 11) is 0. The van der Waals surface area contributed by atoms with Crippen LogP contribution in [0.1, 0.15) is 13.3 Å². The van der Waals surface area contributed by atoms with Crippen LogP contribution < -0.4 is 0 Å². The Hall–Kier alpha value is -1.31. The SMILES string of the molecule is C=CC(=O)OC1C=CC(CC)=C1. The van der Waals surface area contributed by atoms with Crippen LogP contribution in [0.4, 0.5) is 0 Å². The van der Waals surface area contributed by atoms with E-state index in [1.165, 1.54) is 11.6 Å². The fraction of sp³-hybridized carbons (Fsp3) is 0.300. The van der Waals surface area contributed by atoms with E-state index >= 15 is 0 Å². The lowest BCUT2D eigenvalue weighted by Crippen LogP contribution is -2.09. The molecule has 0 saturated carbocycles. The number of rotatable bonds is 3. The van der Waals surface area contributed by atoms with E-state index in [0.717, 1.165) is 6.42 Å². The highest BCUT2D eigenvalue weighted by atomic mass is 16.5. The lowest BCUT2D eigenvalue weighted by atomic mass is 10.2. The Morgan fingerprint density at radius 1 is 1.83 bits per heavy atom. The van der Waals surface area contributed by atoms with Crippen LogP contribution in [0, 0.1) is 0 Å². The van der Waals surface area contributed by atoms with Crippen LogP contribution in [-0.2, 0) is 9.53 Å². The van der Waals surface area contributed by atoms with E-state index in [9.17, 15) is 4.79 Å². The third kappa shape index (κ3) is 2.09. The van der Waals surface area contributed by atoms with Crippen molar-refractivity contribution in [1.82, 2.24) is 0 Å². The van der Waals surface area contributed by atoms with Crippen molar-refractivity contribution in [3.8, 4) is 0 Å². The maximum Gasteiger partial charge on any atom is 0.331 e. The summed E-state index contributed by atoms with van der Waals surface area (Å²) in [5.41, 5.74) is 1.21. The molecule has 0 amide bonds. The quantitative estimate of drug-likeness (QED) is 0.471. The summed E-state index contributed by atoms with van der Waals surface area (Å²) in [4.78, 5) is 10.8. The Morgan fingerprint density at radius 3 is 3.08 bits per heavy atom. The number of carbonyl (C=O) groups is 1. The van der Waals surface area contributed by atoms with Crippen molar-refractivity contribution in [1.29, 1.82) is 0 Å². The van der Waals surface area contributed by atoms with Crippen LogP contribution in [-0.4, -0.2) is 12.1 Å². The van der Waals surface area contributed by atoms with Crippen LogP contribution in [0.2, 0.25) is 0 Å². The smallest absolute Gasteiger partial charge is 0.331 e. The Bertz CT molecular complexity index is 249. The molecule has 2 heteroatoms. The van der Waals surface area contributed by atoms with Gasteiger partial charge in [0.05, 0.1) is 0 Å². The van der Waals surface area contributed by atoms with E-state index in [4.69, 9.17) is 4.74 Å². The zero-order valence-corrected chi connectivity index (χ0v) is 7.12. The minimum atomic E-state index is -0.377. The first kappa shape index (κ1) is 8.78. The van der Waals surface area contributed by atoms with Crippen molar-refractivity contribution < 1.29 is 9.53 Å². The summed E-state index contributed by atoms with van der Waals surface area (Å²) in [6.07, 6.45) is 7.72. The molecule has 0 heterocycles. The highest BCUT2D eigenvalue weighted by molar-refractivity contribution is 5.81. The van der Waals surface area contributed by atoms with Crippen molar-refractivity contribution >= 4 is 5.97 Å². The summed E-state index contributed by atoms with van der Waals surface area (Å²) in [5.74, 6) is -0.377. The van der Waals surface area contributed by atoms with Crippen molar-refractivity contribution in [2.45, 2.75) is 19.4 Å². The third-order valence-electron chi connectivity index (χ3n) is 1.71. The maximum atomic E-state index is 10.8.